The molecule has 0 unspecified atom stereocenters. The Kier molecular flexibility index (Phi) is 6.96. The minimum absolute atomic E-state index is 0.0335. The van der Waals surface area contributed by atoms with E-state index >= 15 is 0 Å². The topological polar surface area (TPSA) is 95.5 Å². The first-order valence-corrected chi connectivity index (χ1v) is 4.75. The van der Waals surface area contributed by atoms with E-state index in [1.54, 1.807) is 0 Å². The second kappa shape index (κ2) is 7.78. The van der Waals surface area contributed by atoms with Gasteiger partial charge in [0, 0.05) is 19.9 Å². The Labute approximate surface area is 88.0 Å². The number of carboxylic acid groups (broad SMARTS) is 1. The van der Waals surface area contributed by atoms with Crippen LogP contribution in [0.2, 0.25) is 0 Å². The lowest BCUT2D eigenvalue weighted by Crippen LogP contribution is -2.36. The quantitative estimate of drug-likeness (QED) is 0.499. The number of carboxylic acids is 1. The van der Waals surface area contributed by atoms with Gasteiger partial charge >= 0.3 is 5.97 Å². The molecule has 0 aliphatic heterocycles. The van der Waals surface area contributed by atoms with Crippen molar-refractivity contribution in [1.82, 2.24) is 10.6 Å². The third-order valence-electron chi connectivity index (χ3n) is 1.64. The van der Waals surface area contributed by atoms with Crippen LogP contribution in [0.15, 0.2) is 0 Å². The third-order valence-corrected chi connectivity index (χ3v) is 1.64. The van der Waals surface area contributed by atoms with Crippen molar-refractivity contribution in [1.29, 1.82) is 0 Å². The van der Waals surface area contributed by atoms with Crippen LogP contribution in [0.4, 0.5) is 0 Å². The predicted octanol–water partition coefficient (Wildman–Crippen LogP) is -0.506. The number of carbonyl (C=O) groups excluding carboxylic acids is 2. The van der Waals surface area contributed by atoms with Crippen LogP contribution in [-0.4, -0.2) is 36.0 Å². The second-order valence-corrected chi connectivity index (χ2v) is 3.11. The van der Waals surface area contributed by atoms with Gasteiger partial charge in [0.15, 0.2) is 0 Å². The summed E-state index contributed by atoms with van der Waals surface area (Å²) in [7, 11) is 0. The number of hydrogen-bond acceptors (Lipinski definition) is 3. The summed E-state index contributed by atoms with van der Waals surface area (Å²) in [6, 6.07) is 0. The third kappa shape index (κ3) is 10.3. The molecule has 0 fully saturated rings. The van der Waals surface area contributed by atoms with Crippen LogP contribution in [-0.2, 0) is 14.4 Å². The van der Waals surface area contributed by atoms with Gasteiger partial charge in [0.25, 0.3) is 0 Å². The molecule has 0 aliphatic carbocycles. The molecule has 86 valence electrons. The van der Waals surface area contributed by atoms with Crippen LogP contribution in [0.5, 0.6) is 0 Å². The molecular formula is C9H16N2O4. The molecule has 0 saturated carbocycles. The fourth-order valence-corrected chi connectivity index (χ4v) is 0.896. The highest BCUT2D eigenvalue weighted by atomic mass is 16.4. The Morgan fingerprint density at radius 2 is 1.80 bits per heavy atom. The number of unbranched alkanes of at least 4 members (excludes halogenated alkanes) is 1. The highest BCUT2D eigenvalue weighted by molar-refractivity contribution is 5.83. The van der Waals surface area contributed by atoms with E-state index in [2.05, 4.69) is 10.6 Å². The summed E-state index contributed by atoms with van der Waals surface area (Å²) in [6.07, 6.45) is 1.27. The van der Waals surface area contributed by atoms with Crippen molar-refractivity contribution in [3.8, 4) is 0 Å². The molecule has 0 bridgehead atoms. The normalized spacial score (nSPS) is 9.40. The first kappa shape index (κ1) is 13.4. The summed E-state index contributed by atoms with van der Waals surface area (Å²) < 4.78 is 0. The van der Waals surface area contributed by atoms with E-state index in [-0.39, 0.29) is 24.8 Å². The summed E-state index contributed by atoms with van der Waals surface area (Å²) >= 11 is 0. The molecule has 0 rings (SSSR count). The SMILES string of the molecule is CC(=O)NCC(=O)NCCCCC(=O)O. The van der Waals surface area contributed by atoms with Crippen LogP contribution in [0.25, 0.3) is 0 Å². The molecule has 0 saturated heterocycles. The Morgan fingerprint density at radius 1 is 1.13 bits per heavy atom. The maximum absolute atomic E-state index is 11.0. The van der Waals surface area contributed by atoms with Crippen molar-refractivity contribution in [2.24, 2.45) is 0 Å². The van der Waals surface area contributed by atoms with E-state index in [1.165, 1.54) is 6.92 Å². The van der Waals surface area contributed by atoms with Gasteiger partial charge < -0.3 is 15.7 Å². The lowest BCUT2D eigenvalue weighted by atomic mass is 10.2. The Hall–Kier alpha value is -1.59. The van der Waals surface area contributed by atoms with E-state index in [4.69, 9.17) is 5.11 Å². The van der Waals surface area contributed by atoms with Gasteiger partial charge in [0.1, 0.15) is 0 Å². The zero-order chi connectivity index (χ0) is 11.7. The van der Waals surface area contributed by atoms with E-state index < -0.39 is 5.97 Å². The van der Waals surface area contributed by atoms with Crippen LogP contribution in [0.1, 0.15) is 26.2 Å². The highest BCUT2D eigenvalue weighted by Crippen LogP contribution is 1.92. The molecule has 6 nitrogen and oxygen atoms in total. The lowest BCUT2D eigenvalue weighted by Gasteiger charge is -2.04. The van der Waals surface area contributed by atoms with Gasteiger partial charge in [-0.15, -0.1) is 0 Å². The van der Waals surface area contributed by atoms with Crippen LogP contribution in [0.3, 0.4) is 0 Å². The fourth-order valence-electron chi connectivity index (χ4n) is 0.896. The number of nitrogens with one attached hydrogen (secondary N) is 2. The smallest absolute Gasteiger partial charge is 0.303 e. The minimum Gasteiger partial charge on any atom is -0.481 e. The number of hydrogen-bond donors (Lipinski definition) is 3. The van der Waals surface area contributed by atoms with E-state index in [0.29, 0.717) is 19.4 Å². The van der Waals surface area contributed by atoms with Crippen molar-refractivity contribution < 1.29 is 19.5 Å². The molecule has 0 radical (unpaired) electrons. The first-order chi connectivity index (χ1) is 7.02. The largest absolute Gasteiger partial charge is 0.481 e. The van der Waals surface area contributed by atoms with Gasteiger partial charge in [0.2, 0.25) is 11.8 Å². The maximum Gasteiger partial charge on any atom is 0.303 e. The summed E-state index contributed by atoms with van der Waals surface area (Å²) in [5.74, 6) is -1.35. The lowest BCUT2D eigenvalue weighted by molar-refractivity contribution is -0.137. The molecule has 0 aliphatic rings. The van der Waals surface area contributed by atoms with Crippen molar-refractivity contribution in [2.45, 2.75) is 26.2 Å². The number of rotatable bonds is 7. The second-order valence-electron chi connectivity index (χ2n) is 3.11. The van der Waals surface area contributed by atoms with Gasteiger partial charge in [-0.3, -0.25) is 14.4 Å². The Bertz CT molecular complexity index is 240. The van der Waals surface area contributed by atoms with E-state index in [9.17, 15) is 14.4 Å². The molecule has 2 amide bonds. The average Bonchev–Trinajstić information content (AvgIpc) is 2.13. The van der Waals surface area contributed by atoms with Crippen LogP contribution in [0, 0.1) is 0 Å². The summed E-state index contributed by atoms with van der Waals surface area (Å²) in [4.78, 5) is 31.6. The summed E-state index contributed by atoms with van der Waals surface area (Å²) in [6.45, 7) is 1.74. The Balaban J connectivity index is 3.31. The molecular weight excluding hydrogens is 200 g/mol. The van der Waals surface area contributed by atoms with E-state index in [0.717, 1.165) is 0 Å². The van der Waals surface area contributed by atoms with Gasteiger partial charge in [0.05, 0.1) is 6.54 Å². The molecule has 0 aromatic rings. The number of aliphatic carboxylic acids is 1. The van der Waals surface area contributed by atoms with Gasteiger partial charge in [-0.1, -0.05) is 0 Å². The van der Waals surface area contributed by atoms with Crippen LogP contribution < -0.4 is 10.6 Å². The molecule has 0 aromatic carbocycles. The molecule has 0 heterocycles. The van der Waals surface area contributed by atoms with Crippen molar-refractivity contribution in [2.75, 3.05) is 13.1 Å². The van der Waals surface area contributed by atoms with Crippen LogP contribution >= 0.6 is 0 Å². The monoisotopic (exact) mass is 216 g/mol. The molecule has 0 aromatic heterocycles. The molecule has 0 spiro atoms. The van der Waals surface area contributed by atoms with Gasteiger partial charge in [-0.2, -0.15) is 0 Å². The van der Waals surface area contributed by atoms with Gasteiger partial charge in [-0.05, 0) is 12.8 Å². The molecule has 15 heavy (non-hydrogen) atoms. The molecule has 3 N–H and O–H groups in total. The van der Waals surface area contributed by atoms with Gasteiger partial charge in [-0.25, -0.2) is 0 Å². The first-order valence-electron chi connectivity index (χ1n) is 4.75. The highest BCUT2D eigenvalue weighted by Gasteiger charge is 2.01. The minimum atomic E-state index is -0.834. The zero-order valence-electron chi connectivity index (χ0n) is 8.71. The van der Waals surface area contributed by atoms with E-state index in [1.807, 2.05) is 0 Å². The van der Waals surface area contributed by atoms with Crippen molar-refractivity contribution in [3.63, 3.8) is 0 Å². The Morgan fingerprint density at radius 3 is 2.33 bits per heavy atom. The number of amides is 2. The standard InChI is InChI=1S/C9H16N2O4/c1-7(12)11-6-8(13)10-5-3-2-4-9(14)15/h2-6H2,1H3,(H,10,13)(H,11,12)(H,14,15). The number of carbonyl (C=O) groups is 3. The fraction of sp³-hybridized carbons (Fsp3) is 0.667. The van der Waals surface area contributed by atoms with Crippen molar-refractivity contribution >= 4 is 17.8 Å². The summed E-state index contributed by atoms with van der Waals surface area (Å²) in [5.41, 5.74) is 0. The zero-order valence-corrected chi connectivity index (χ0v) is 8.71. The maximum atomic E-state index is 11.0. The molecule has 6 heteroatoms. The van der Waals surface area contributed by atoms with Crippen molar-refractivity contribution in [3.05, 3.63) is 0 Å². The molecule has 0 atom stereocenters. The summed E-state index contributed by atoms with van der Waals surface area (Å²) in [5, 5.41) is 13.3. The average molecular weight is 216 g/mol. The predicted molar refractivity (Wildman–Crippen MR) is 53.2 cm³/mol.